The summed E-state index contributed by atoms with van der Waals surface area (Å²) in [4.78, 5) is 17.2. The molecule has 1 amide bonds. The Hall–Kier alpha value is -3.11. The van der Waals surface area contributed by atoms with E-state index in [4.69, 9.17) is 16.6 Å². The minimum absolute atomic E-state index is 0.0547. The average molecular weight is 488 g/mol. The first kappa shape index (κ1) is 25.0. The highest BCUT2D eigenvalue weighted by Crippen LogP contribution is 2.24. The van der Waals surface area contributed by atoms with Gasteiger partial charge in [0.2, 0.25) is 0 Å². The third-order valence-corrected chi connectivity index (χ3v) is 6.62. The van der Waals surface area contributed by atoms with Crippen molar-refractivity contribution < 1.29 is 4.79 Å². The van der Waals surface area contributed by atoms with E-state index in [1.807, 2.05) is 6.07 Å². The summed E-state index contributed by atoms with van der Waals surface area (Å²) in [6.07, 6.45) is 3.92. The highest BCUT2D eigenvalue weighted by molar-refractivity contribution is 6.30. The molecular weight excluding hydrogens is 454 g/mol. The Kier molecular flexibility index (Phi) is 7.92. The molecular formula is C30H34ClN3O. The molecule has 0 bridgehead atoms. The molecule has 0 unspecified atom stereocenters. The maximum absolute atomic E-state index is 12.2. The highest BCUT2D eigenvalue weighted by atomic mass is 35.5. The molecule has 0 spiro atoms. The van der Waals surface area contributed by atoms with Crippen LogP contribution >= 0.6 is 11.6 Å². The van der Waals surface area contributed by atoms with Crippen LogP contribution in [0.25, 0.3) is 11.0 Å². The van der Waals surface area contributed by atoms with Gasteiger partial charge in [0.1, 0.15) is 5.82 Å². The van der Waals surface area contributed by atoms with Crippen molar-refractivity contribution in [2.45, 2.75) is 58.4 Å². The smallest absolute Gasteiger partial charge is 0.251 e. The fraction of sp³-hybridized carbons (Fsp3) is 0.333. The van der Waals surface area contributed by atoms with E-state index < -0.39 is 0 Å². The lowest BCUT2D eigenvalue weighted by atomic mass is 9.87. The number of para-hydroxylation sites is 2. The Balaban J connectivity index is 1.34. The highest BCUT2D eigenvalue weighted by Gasteiger charge is 2.14. The average Bonchev–Trinajstić information content (AvgIpc) is 3.18. The first-order valence-corrected chi connectivity index (χ1v) is 12.8. The predicted molar refractivity (Wildman–Crippen MR) is 145 cm³/mol. The zero-order valence-corrected chi connectivity index (χ0v) is 21.6. The Morgan fingerprint density at radius 1 is 0.914 bits per heavy atom. The molecule has 0 aliphatic carbocycles. The second kappa shape index (κ2) is 11.1. The lowest BCUT2D eigenvalue weighted by Crippen LogP contribution is -2.24. The zero-order valence-electron chi connectivity index (χ0n) is 20.9. The molecule has 5 heteroatoms. The van der Waals surface area contributed by atoms with Crippen LogP contribution in [0.3, 0.4) is 0 Å². The second-order valence-electron chi connectivity index (χ2n) is 10.1. The van der Waals surface area contributed by atoms with Crippen LogP contribution in [0.15, 0.2) is 72.8 Å². The maximum Gasteiger partial charge on any atom is 0.251 e. The van der Waals surface area contributed by atoms with Crippen molar-refractivity contribution in [3.8, 4) is 0 Å². The molecule has 35 heavy (non-hydrogen) atoms. The van der Waals surface area contributed by atoms with E-state index >= 15 is 0 Å². The topological polar surface area (TPSA) is 46.9 Å². The Morgan fingerprint density at radius 2 is 1.63 bits per heavy atom. The standard InChI is InChI=1S/C30H34ClN3O/c1-30(2,3)24-16-12-22(13-17-24)21-34-27-10-7-6-9-26(27)33-28(34)11-5-4-8-20-32-29(35)23-14-18-25(31)19-15-23/h6-7,9-10,12-19H,4-5,8,11,20-21H2,1-3H3,(H,32,35). The SMILES string of the molecule is CC(C)(C)c1ccc(Cn2c(CCCCCNC(=O)c3ccc(Cl)cc3)nc3ccccc32)cc1. The molecule has 1 N–H and O–H groups in total. The van der Waals surface area contributed by atoms with E-state index in [2.05, 4.69) is 73.1 Å². The molecule has 4 aromatic rings. The number of fused-ring (bicyclic) bond motifs is 1. The van der Waals surface area contributed by atoms with Gasteiger partial charge in [0.05, 0.1) is 11.0 Å². The summed E-state index contributed by atoms with van der Waals surface area (Å²) < 4.78 is 2.35. The van der Waals surface area contributed by atoms with Gasteiger partial charge in [0, 0.05) is 30.1 Å². The lowest BCUT2D eigenvalue weighted by molar-refractivity contribution is 0.0953. The maximum atomic E-state index is 12.2. The van der Waals surface area contributed by atoms with Crippen molar-refractivity contribution in [3.05, 3.63) is 100 Å². The number of carbonyl (C=O) groups is 1. The summed E-state index contributed by atoms with van der Waals surface area (Å²) in [6.45, 7) is 8.21. The van der Waals surface area contributed by atoms with Gasteiger partial charge in [-0.15, -0.1) is 0 Å². The second-order valence-corrected chi connectivity index (χ2v) is 10.6. The first-order valence-electron chi connectivity index (χ1n) is 12.4. The number of carbonyl (C=O) groups excluding carboxylic acids is 1. The van der Waals surface area contributed by atoms with Gasteiger partial charge in [0.15, 0.2) is 0 Å². The largest absolute Gasteiger partial charge is 0.352 e. The molecule has 1 aromatic heterocycles. The third-order valence-electron chi connectivity index (χ3n) is 6.36. The number of aromatic nitrogens is 2. The van der Waals surface area contributed by atoms with Crippen molar-refractivity contribution in [1.82, 2.24) is 14.9 Å². The molecule has 0 saturated heterocycles. The van der Waals surface area contributed by atoms with Crippen LogP contribution in [-0.4, -0.2) is 22.0 Å². The van der Waals surface area contributed by atoms with Crippen LogP contribution in [0.1, 0.15) is 67.3 Å². The molecule has 4 rings (SSSR count). The van der Waals surface area contributed by atoms with Gasteiger partial charge in [-0.1, -0.05) is 75.2 Å². The number of halogens is 1. The number of aryl methyl sites for hydroxylation is 1. The van der Waals surface area contributed by atoms with Gasteiger partial charge in [0.25, 0.3) is 5.91 Å². The van der Waals surface area contributed by atoms with Gasteiger partial charge in [-0.2, -0.15) is 0 Å². The van der Waals surface area contributed by atoms with Crippen molar-refractivity contribution >= 4 is 28.5 Å². The van der Waals surface area contributed by atoms with Crippen molar-refractivity contribution in [2.24, 2.45) is 0 Å². The van der Waals surface area contributed by atoms with E-state index in [1.165, 1.54) is 16.6 Å². The van der Waals surface area contributed by atoms with Crippen molar-refractivity contribution in [1.29, 1.82) is 0 Å². The monoisotopic (exact) mass is 487 g/mol. The van der Waals surface area contributed by atoms with Crippen molar-refractivity contribution in [3.63, 3.8) is 0 Å². The fourth-order valence-corrected chi connectivity index (χ4v) is 4.40. The van der Waals surface area contributed by atoms with Crippen LogP contribution in [-0.2, 0) is 18.4 Å². The normalized spacial score (nSPS) is 11.7. The molecule has 4 nitrogen and oxygen atoms in total. The number of hydrogen-bond acceptors (Lipinski definition) is 2. The summed E-state index contributed by atoms with van der Waals surface area (Å²) in [6, 6.07) is 24.3. The lowest BCUT2D eigenvalue weighted by Gasteiger charge is -2.19. The fourth-order valence-electron chi connectivity index (χ4n) is 4.28. The van der Waals surface area contributed by atoms with E-state index in [0.717, 1.165) is 43.6 Å². The first-order chi connectivity index (χ1) is 16.8. The molecule has 0 saturated carbocycles. The van der Waals surface area contributed by atoms with Crippen LogP contribution < -0.4 is 5.32 Å². The van der Waals surface area contributed by atoms with Gasteiger partial charge in [-0.05, 0) is 65.8 Å². The van der Waals surface area contributed by atoms with Gasteiger partial charge in [-0.3, -0.25) is 4.79 Å². The number of unbranched alkanes of at least 4 members (excludes halogenated alkanes) is 2. The Labute approximate surface area is 213 Å². The van der Waals surface area contributed by atoms with Gasteiger partial charge in [-0.25, -0.2) is 4.98 Å². The minimum Gasteiger partial charge on any atom is -0.352 e. The van der Waals surface area contributed by atoms with Crippen LogP contribution in [0.2, 0.25) is 5.02 Å². The molecule has 1 heterocycles. The van der Waals surface area contributed by atoms with E-state index in [1.54, 1.807) is 24.3 Å². The molecule has 0 aliphatic heterocycles. The summed E-state index contributed by atoms with van der Waals surface area (Å²) in [7, 11) is 0. The van der Waals surface area contributed by atoms with E-state index in [-0.39, 0.29) is 11.3 Å². The summed E-state index contributed by atoms with van der Waals surface area (Å²) in [5, 5.41) is 3.63. The quantitative estimate of drug-likeness (QED) is 0.254. The summed E-state index contributed by atoms with van der Waals surface area (Å²) in [5.41, 5.74) is 5.65. The molecule has 3 aromatic carbocycles. The number of amides is 1. The minimum atomic E-state index is -0.0547. The number of rotatable bonds is 9. The number of benzene rings is 3. The predicted octanol–water partition coefficient (Wildman–Crippen LogP) is 7.18. The summed E-state index contributed by atoms with van der Waals surface area (Å²) >= 11 is 5.89. The number of nitrogens with zero attached hydrogens (tertiary/aromatic N) is 2. The van der Waals surface area contributed by atoms with Crippen LogP contribution in [0.5, 0.6) is 0 Å². The Bertz CT molecular complexity index is 1270. The zero-order chi connectivity index (χ0) is 24.8. The van der Waals surface area contributed by atoms with E-state index in [9.17, 15) is 4.79 Å². The van der Waals surface area contributed by atoms with E-state index in [0.29, 0.717) is 17.1 Å². The molecule has 0 fully saturated rings. The van der Waals surface area contributed by atoms with Gasteiger partial charge >= 0.3 is 0 Å². The molecule has 0 radical (unpaired) electrons. The molecule has 0 aliphatic rings. The van der Waals surface area contributed by atoms with Gasteiger partial charge < -0.3 is 9.88 Å². The number of hydrogen-bond donors (Lipinski definition) is 1. The number of nitrogens with one attached hydrogen (secondary N) is 1. The molecule has 0 atom stereocenters. The Morgan fingerprint density at radius 3 is 2.34 bits per heavy atom. The molecule has 182 valence electrons. The number of imidazole rings is 1. The van der Waals surface area contributed by atoms with Crippen molar-refractivity contribution in [2.75, 3.05) is 6.54 Å². The van der Waals surface area contributed by atoms with Crippen LogP contribution in [0, 0.1) is 0 Å². The van der Waals surface area contributed by atoms with Crippen LogP contribution in [0.4, 0.5) is 0 Å². The summed E-state index contributed by atoms with van der Waals surface area (Å²) in [5.74, 6) is 1.07. The third kappa shape index (κ3) is 6.52.